The van der Waals surface area contributed by atoms with E-state index in [1.54, 1.807) is 12.1 Å². The van der Waals surface area contributed by atoms with Crippen LogP contribution in [0.2, 0.25) is 0 Å². The quantitative estimate of drug-likeness (QED) is 0.690. The number of carbonyl (C=O) groups is 1. The lowest BCUT2D eigenvalue weighted by atomic mass is 10.2. The summed E-state index contributed by atoms with van der Waals surface area (Å²) in [6, 6.07) is 8.83. The van der Waals surface area contributed by atoms with E-state index >= 15 is 0 Å². The molecule has 7 nitrogen and oxygen atoms in total. The second kappa shape index (κ2) is 9.65. The van der Waals surface area contributed by atoms with Crippen LogP contribution in [0.4, 0.5) is 13.2 Å². The van der Waals surface area contributed by atoms with Crippen molar-refractivity contribution in [3.63, 3.8) is 0 Å². The first-order valence-corrected chi connectivity index (χ1v) is 11.1. The third-order valence-corrected chi connectivity index (χ3v) is 6.58. The van der Waals surface area contributed by atoms with Crippen molar-refractivity contribution in [3.05, 3.63) is 53.7 Å². The van der Waals surface area contributed by atoms with Crippen LogP contribution in [-0.4, -0.2) is 49.5 Å². The van der Waals surface area contributed by atoms with Crippen molar-refractivity contribution in [2.75, 3.05) is 19.7 Å². The normalized spacial score (nSPS) is 15.5. The molecule has 0 aliphatic carbocycles. The second-order valence-corrected chi connectivity index (χ2v) is 9.02. The Hall–Kier alpha value is -2.66. The average Bonchev–Trinajstić information content (AvgIpc) is 2.77. The maximum atomic E-state index is 12.8. The minimum absolute atomic E-state index is 0.0779. The monoisotopic (exact) mass is 457 g/mol. The zero-order chi connectivity index (χ0) is 22.5. The van der Waals surface area contributed by atoms with Crippen LogP contribution in [0.15, 0.2) is 47.5 Å². The minimum atomic E-state index is -4.48. The molecule has 0 bridgehead atoms. The Morgan fingerprint density at radius 1 is 1.13 bits per heavy atom. The predicted octanol–water partition coefficient (Wildman–Crippen LogP) is 3.13. The summed E-state index contributed by atoms with van der Waals surface area (Å²) >= 11 is 0. The first kappa shape index (κ1) is 23.0. The Morgan fingerprint density at radius 3 is 2.52 bits per heavy atom. The van der Waals surface area contributed by atoms with E-state index in [1.807, 2.05) is 0 Å². The lowest BCUT2D eigenvalue weighted by molar-refractivity contribution is -0.154. The standard InChI is InChI=1S/C20H22F3N3O4S/c21-20(22,23)14-30-18-8-7-16(13-24-18)19(27)25-12-15-5-4-6-17(11-15)31(28,29)26-9-2-1-3-10-26/h4-8,11,13H,1-3,9-10,12,14H2,(H,25,27). The van der Waals surface area contributed by atoms with Gasteiger partial charge in [0.15, 0.2) is 6.61 Å². The number of hydrogen-bond donors (Lipinski definition) is 1. The van der Waals surface area contributed by atoms with Crippen molar-refractivity contribution < 1.29 is 31.1 Å². The maximum absolute atomic E-state index is 12.8. The molecule has 1 aliphatic rings. The minimum Gasteiger partial charge on any atom is -0.468 e. The summed E-state index contributed by atoms with van der Waals surface area (Å²) in [5, 5.41) is 2.64. The van der Waals surface area contributed by atoms with E-state index in [4.69, 9.17) is 0 Å². The van der Waals surface area contributed by atoms with E-state index in [0.717, 1.165) is 25.5 Å². The topological polar surface area (TPSA) is 88.6 Å². The lowest BCUT2D eigenvalue weighted by Gasteiger charge is -2.26. The van der Waals surface area contributed by atoms with Gasteiger partial charge in [0, 0.05) is 31.9 Å². The third kappa shape index (κ3) is 6.41. The highest BCUT2D eigenvalue weighted by Crippen LogP contribution is 2.21. The summed E-state index contributed by atoms with van der Waals surface area (Å²) < 4.78 is 68.0. The molecule has 1 saturated heterocycles. The number of carbonyl (C=O) groups excluding carboxylic acids is 1. The van der Waals surface area contributed by atoms with E-state index in [1.165, 1.54) is 28.6 Å². The number of nitrogens with zero attached hydrogens (tertiary/aromatic N) is 2. The van der Waals surface area contributed by atoms with Crippen LogP contribution in [0.5, 0.6) is 5.88 Å². The van der Waals surface area contributed by atoms with Crippen LogP contribution in [0.3, 0.4) is 0 Å². The van der Waals surface area contributed by atoms with Crippen LogP contribution in [0.1, 0.15) is 35.2 Å². The maximum Gasteiger partial charge on any atom is 0.422 e. The van der Waals surface area contributed by atoms with Gasteiger partial charge < -0.3 is 10.1 Å². The van der Waals surface area contributed by atoms with Crippen molar-refractivity contribution in [3.8, 4) is 5.88 Å². The van der Waals surface area contributed by atoms with Crippen LogP contribution in [0, 0.1) is 0 Å². The molecule has 0 radical (unpaired) electrons. The zero-order valence-electron chi connectivity index (χ0n) is 16.6. The molecule has 11 heteroatoms. The van der Waals surface area contributed by atoms with Gasteiger partial charge in [0.1, 0.15) is 0 Å². The molecular formula is C20H22F3N3O4S. The predicted molar refractivity (Wildman–Crippen MR) is 106 cm³/mol. The summed E-state index contributed by atoms with van der Waals surface area (Å²) in [5.74, 6) is -0.747. The van der Waals surface area contributed by atoms with Gasteiger partial charge >= 0.3 is 6.18 Å². The summed E-state index contributed by atoms with van der Waals surface area (Å²) in [6.07, 6.45) is -0.680. The number of halogens is 3. The summed E-state index contributed by atoms with van der Waals surface area (Å²) in [5.41, 5.74) is 0.737. The van der Waals surface area contributed by atoms with Gasteiger partial charge in [-0.1, -0.05) is 18.6 Å². The SMILES string of the molecule is O=C(NCc1cccc(S(=O)(=O)N2CCCCC2)c1)c1ccc(OCC(F)(F)F)nc1. The van der Waals surface area contributed by atoms with E-state index in [9.17, 15) is 26.4 Å². The number of pyridine rings is 1. The molecule has 1 N–H and O–H groups in total. The number of nitrogens with one attached hydrogen (secondary N) is 1. The highest BCUT2D eigenvalue weighted by atomic mass is 32.2. The first-order chi connectivity index (χ1) is 14.6. The first-order valence-electron chi connectivity index (χ1n) is 9.68. The second-order valence-electron chi connectivity index (χ2n) is 7.08. The fourth-order valence-corrected chi connectivity index (χ4v) is 4.70. The molecule has 168 valence electrons. The van der Waals surface area contributed by atoms with Gasteiger partial charge in [0.05, 0.1) is 10.5 Å². The molecule has 1 amide bonds. The smallest absolute Gasteiger partial charge is 0.422 e. The van der Waals surface area contributed by atoms with Crippen LogP contribution < -0.4 is 10.1 Å². The molecule has 3 rings (SSSR count). The molecule has 2 heterocycles. The molecule has 1 fully saturated rings. The van der Waals surface area contributed by atoms with Crippen molar-refractivity contribution in [2.24, 2.45) is 0 Å². The van der Waals surface area contributed by atoms with Gasteiger partial charge in [-0.25, -0.2) is 13.4 Å². The molecule has 0 saturated carbocycles. The molecule has 0 atom stereocenters. The Morgan fingerprint density at radius 2 is 1.87 bits per heavy atom. The highest BCUT2D eigenvalue weighted by molar-refractivity contribution is 7.89. The van der Waals surface area contributed by atoms with Gasteiger partial charge in [0.2, 0.25) is 15.9 Å². The number of alkyl halides is 3. The fraction of sp³-hybridized carbons (Fsp3) is 0.400. The summed E-state index contributed by atoms with van der Waals surface area (Å²) in [6.45, 7) is -0.394. The van der Waals surface area contributed by atoms with E-state index in [-0.39, 0.29) is 22.9 Å². The number of rotatable bonds is 7. The number of sulfonamides is 1. The highest BCUT2D eigenvalue weighted by Gasteiger charge is 2.28. The number of benzene rings is 1. The Labute approximate surface area is 178 Å². The molecule has 2 aromatic rings. The number of hydrogen-bond acceptors (Lipinski definition) is 5. The van der Waals surface area contributed by atoms with Crippen molar-refractivity contribution in [1.29, 1.82) is 0 Å². The van der Waals surface area contributed by atoms with Crippen LogP contribution in [-0.2, 0) is 16.6 Å². The molecule has 0 spiro atoms. The van der Waals surface area contributed by atoms with Crippen LogP contribution in [0.25, 0.3) is 0 Å². The third-order valence-electron chi connectivity index (χ3n) is 4.69. The Bertz CT molecular complexity index is 1010. The Kier molecular flexibility index (Phi) is 7.16. The Balaban J connectivity index is 1.60. The van der Waals surface area contributed by atoms with E-state index in [0.29, 0.717) is 18.7 Å². The summed E-state index contributed by atoms with van der Waals surface area (Å²) in [7, 11) is -3.58. The largest absolute Gasteiger partial charge is 0.468 e. The summed E-state index contributed by atoms with van der Waals surface area (Å²) in [4.78, 5) is 16.1. The lowest BCUT2D eigenvalue weighted by Crippen LogP contribution is -2.35. The zero-order valence-corrected chi connectivity index (χ0v) is 17.4. The average molecular weight is 457 g/mol. The van der Waals surface area contributed by atoms with Crippen LogP contribution >= 0.6 is 0 Å². The molecule has 1 aromatic carbocycles. The van der Waals surface area contributed by atoms with Crippen molar-refractivity contribution in [2.45, 2.75) is 36.9 Å². The fourth-order valence-electron chi connectivity index (χ4n) is 3.11. The van der Waals surface area contributed by atoms with Gasteiger partial charge in [0.25, 0.3) is 5.91 Å². The molecular weight excluding hydrogens is 435 g/mol. The number of ether oxygens (including phenoxy) is 1. The molecule has 1 aromatic heterocycles. The van der Waals surface area contributed by atoms with Gasteiger partial charge in [-0.15, -0.1) is 0 Å². The number of aromatic nitrogens is 1. The number of amides is 1. The van der Waals surface area contributed by atoms with Gasteiger partial charge in [-0.2, -0.15) is 17.5 Å². The van der Waals surface area contributed by atoms with Gasteiger partial charge in [-0.05, 0) is 36.6 Å². The van der Waals surface area contributed by atoms with Crippen molar-refractivity contribution >= 4 is 15.9 Å². The molecule has 31 heavy (non-hydrogen) atoms. The van der Waals surface area contributed by atoms with E-state index < -0.39 is 28.7 Å². The van der Waals surface area contributed by atoms with Gasteiger partial charge in [-0.3, -0.25) is 4.79 Å². The number of piperidine rings is 1. The molecule has 0 unspecified atom stereocenters. The van der Waals surface area contributed by atoms with Crippen molar-refractivity contribution in [1.82, 2.24) is 14.6 Å². The molecule has 1 aliphatic heterocycles. The van der Waals surface area contributed by atoms with E-state index in [2.05, 4.69) is 15.0 Å².